The maximum absolute atomic E-state index is 11.5. The highest BCUT2D eigenvalue weighted by Crippen LogP contribution is 2.16. The molecular weight excluding hydrogens is 250 g/mol. The Labute approximate surface area is 119 Å². The van der Waals surface area contributed by atoms with Crippen molar-refractivity contribution in [1.82, 2.24) is 9.55 Å². The first-order valence-corrected chi connectivity index (χ1v) is 7.37. The summed E-state index contributed by atoms with van der Waals surface area (Å²) in [5.74, 6) is 0. The lowest BCUT2D eigenvalue weighted by Crippen LogP contribution is -2.18. The van der Waals surface area contributed by atoms with E-state index in [0.717, 1.165) is 17.8 Å². The van der Waals surface area contributed by atoms with E-state index < -0.39 is 0 Å². The van der Waals surface area contributed by atoms with Gasteiger partial charge in [-0.2, -0.15) is 0 Å². The zero-order valence-electron chi connectivity index (χ0n) is 12.2. The summed E-state index contributed by atoms with van der Waals surface area (Å²) in [7, 11) is 0. The molecule has 108 valence electrons. The molecule has 1 aromatic heterocycles. The molecule has 2 aromatic rings. The number of nitrogens with one attached hydrogen (secondary N) is 2. The minimum Gasteiger partial charge on any atom is -0.382 e. The number of nitrogens with zero attached hydrogens (tertiary/aromatic N) is 1. The van der Waals surface area contributed by atoms with E-state index in [4.69, 9.17) is 0 Å². The molecule has 1 unspecified atom stereocenters. The molecule has 0 saturated heterocycles. The maximum Gasteiger partial charge on any atom is 0.330 e. The first-order valence-electron chi connectivity index (χ1n) is 7.37. The smallest absolute Gasteiger partial charge is 0.330 e. The maximum atomic E-state index is 11.5. The summed E-state index contributed by atoms with van der Waals surface area (Å²) in [5.41, 5.74) is 1.88. The fourth-order valence-electron chi connectivity index (χ4n) is 2.31. The minimum absolute atomic E-state index is 0.111. The summed E-state index contributed by atoms with van der Waals surface area (Å²) >= 11 is 0. The van der Waals surface area contributed by atoms with Crippen LogP contribution in [0, 0.1) is 0 Å². The van der Waals surface area contributed by atoms with Crippen molar-refractivity contribution in [3.05, 3.63) is 47.1 Å². The van der Waals surface area contributed by atoms with Gasteiger partial charge in [-0.25, -0.2) is 4.79 Å². The largest absolute Gasteiger partial charge is 0.382 e. The van der Waals surface area contributed by atoms with E-state index >= 15 is 0 Å². The molecule has 4 nitrogen and oxygen atoms in total. The standard InChI is InChI=1S/C16H23N3O/c1-3-5-6-13(4-2)18-14-7-9-15(10-8-14)19-12-11-17-16(19)20/h7-13,18H,3-6H2,1-2H3,(H,17,20). The van der Waals surface area contributed by atoms with Gasteiger partial charge in [0.05, 0.1) is 5.69 Å². The van der Waals surface area contributed by atoms with Gasteiger partial charge in [0.2, 0.25) is 0 Å². The van der Waals surface area contributed by atoms with E-state index in [1.54, 1.807) is 17.0 Å². The highest BCUT2D eigenvalue weighted by Gasteiger charge is 2.06. The number of imidazole rings is 1. The zero-order chi connectivity index (χ0) is 14.4. The minimum atomic E-state index is -0.111. The van der Waals surface area contributed by atoms with Crippen molar-refractivity contribution in [1.29, 1.82) is 0 Å². The summed E-state index contributed by atoms with van der Waals surface area (Å²) in [5, 5.41) is 3.56. The SMILES string of the molecule is CCCCC(CC)Nc1ccc(-n2cc[nH]c2=O)cc1. The van der Waals surface area contributed by atoms with E-state index in [9.17, 15) is 4.79 Å². The van der Waals surface area contributed by atoms with Crippen LogP contribution in [0.25, 0.3) is 5.69 Å². The van der Waals surface area contributed by atoms with Gasteiger partial charge in [-0.3, -0.25) is 4.57 Å². The number of anilines is 1. The molecule has 4 heteroatoms. The molecule has 0 spiro atoms. The summed E-state index contributed by atoms with van der Waals surface area (Å²) in [4.78, 5) is 14.2. The fraction of sp³-hybridized carbons (Fsp3) is 0.438. The van der Waals surface area contributed by atoms with Gasteiger partial charge >= 0.3 is 5.69 Å². The third-order valence-electron chi connectivity index (χ3n) is 3.56. The Morgan fingerprint density at radius 2 is 2.00 bits per heavy atom. The lowest BCUT2D eigenvalue weighted by molar-refractivity contribution is 0.593. The fourth-order valence-corrected chi connectivity index (χ4v) is 2.31. The topological polar surface area (TPSA) is 49.8 Å². The molecule has 0 saturated carbocycles. The average Bonchev–Trinajstić information content (AvgIpc) is 2.90. The van der Waals surface area contributed by atoms with E-state index in [-0.39, 0.29) is 5.69 Å². The summed E-state index contributed by atoms with van der Waals surface area (Å²) in [6.07, 6.45) is 8.19. The molecule has 0 fully saturated rings. The summed E-state index contributed by atoms with van der Waals surface area (Å²) in [6.45, 7) is 4.43. The van der Waals surface area contributed by atoms with Gasteiger partial charge < -0.3 is 10.3 Å². The lowest BCUT2D eigenvalue weighted by atomic mass is 10.1. The molecule has 1 atom stereocenters. The number of rotatable bonds is 7. The van der Waals surface area contributed by atoms with Gasteiger partial charge in [-0.05, 0) is 37.1 Å². The first-order chi connectivity index (χ1) is 9.74. The van der Waals surface area contributed by atoms with E-state index in [0.29, 0.717) is 6.04 Å². The van der Waals surface area contributed by atoms with Gasteiger partial charge in [0.25, 0.3) is 0 Å². The molecule has 0 aliphatic rings. The summed E-state index contributed by atoms with van der Waals surface area (Å²) in [6, 6.07) is 8.51. The van der Waals surface area contributed by atoms with Crippen molar-refractivity contribution in [3.8, 4) is 5.69 Å². The van der Waals surface area contributed by atoms with Gasteiger partial charge in [0.1, 0.15) is 0 Å². The molecule has 1 heterocycles. The van der Waals surface area contributed by atoms with E-state index in [1.165, 1.54) is 19.3 Å². The highest BCUT2D eigenvalue weighted by atomic mass is 16.1. The van der Waals surface area contributed by atoms with Crippen LogP contribution in [0.15, 0.2) is 41.5 Å². The molecular formula is C16H23N3O. The summed E-state index contributed by atoms with van der Waals surface area (Å²) < 4.78 is 1.60. The second-order valence-electron chi connectivity index (χ2n) is 5.07. The highest BCUT2D eigenvalue weighted by molar-refractivity contribution is 5.49. The van der Waals surface area contributed by atoms with Gasteiger partial charge in [-0.15, -0.1) is 0 Å². The Morgan fingerprint density at radius 3 is 2.55 bits per heavy atom. The van der Waals surface area contributed by atoms with Crippen molar-refractivity contribution < 1.29 is 0 Å². The number of unbranched alkanes of at least 4 members (excludes halogenated alkanes) is 1. The number of aromatic amines is 1. The third kappa shape index (κ3) is 3.53. The Bertz CT molecular complexity index is 568. The van der Waals surface area contributed by atoms with E-state index in [2.05, 4.69) is 24.1 Å². The average molecular weight is 273 g/mol. The molecule has 0 amide bonds. The number of hydrogen-bond donors (Lipinski definition) is 2. The van der Waals surface area contributed by atoms with E-state index in [1.807, 2.05) is 24.3 Å². The molecule has 0 radical (unpaired) electrons. The lowest BCUT2D eigenvalue weighted by Gasteiger charge is -2.18. The van der Waals surface area contributed by atoms with Crippen molar-refractivity contribution in [2.24, 2.45) is 0 Å². The Hall–Kier alpha value is -1.97. The van der Waals surface area contributed by atoms with Crippen LogP contribution in [0.4, 0.5) is 5.69 Å². The molecule has 0 bridgehead atoms. The van der Waals surface area contributed by atoms with Gasteiger partial charge in [-0.1, -0.05) is 26.7 Å². The second-order valence-corrected chi connectivity index (χ2v) is 5.07. The Kier molecular flexibility index (Phi) is 5.04. The molecule has 20 heavy (non-hydrogen) atoms. The monoisotopic (exact) mass is 273 g/mol. The molecule has 2 rings (SSSR count). The number of benzene rings is 1. The van der Waals surface area contributed by atoms with Crippen molar-refractivity contribution >= 4 is 5.69 Å². The van der Waals surface area contributed by atoms with Gasteiger partial charge in [0, 0.05) is 24.1 Å². The Morgan fingerprint density at radius 1 is 1.25 bits per heavy atom. The second kappa shape index (κ2) is 6.98. The van der Waals surface area contributed by atoms with Crippen LogP contribution in [0.1, 0.15) is 39.5 Å². The normalized spacial score (nSPS) is 12.3. The van der Waals surface area contributed by atoms with Crippen LogP contribution in [0.2, 0.25) is 0 Å². The number of aromatic nitrogens is 2. The molecule has 0 aliphatic carbocycles. The Balaban J connectivity index is 2.04. The zero-order valence-corrected chi connectivity index (χ0v) is 12.2. The number of hydrogen-bond acceptors (Lipinski definition) is 2. The first kappa shape index (κ1) is 14.4. The quantitative estimate of drug-likeness (QED) is 0.810. The van der Waals surface area contributed by atoms with Crippen LogP contribution in [0.3, 0.4) is 0 Å². The van der Waals surface area contributed by atoms with Crippen molar-refractivity contribution in [2.45, 2.75) is 45.6 Å². The van der Waals surface area contributed by atoms with Crippen molar-refractivity contribution in [3.63, 3.8) is 0 Å². The third-order valence-corrected chi connectivity index (χ3v) is 3.56. The van der Waals surface area contributed by atoms with Crippen LogP contribution < -0.4 is 11.0 Å². The molecule has 2 N–H and O–H groups in total. The van der Waals surface area contributed by atoms with Crippen LogP contribution in [-0.2, 0) is 0 Å². The molecule has 1 aromatic carbocycles. The van der Waals surface area contributed by atoms with Crippen LogP contribution >= 0.6 is 0 Å². The van der Waals surface area contributed by atoms with Crippen LogP contribution in [-0.4, -0.2) is 15.6 Å². The van der Waals surface area contributed by atoms with Crippen LogP contribution in [0.5, 0.6) is 0 Å². The number of H-pyrrole nitrogens is 1. The van der Waals surface area contributed by atoms with Crippen molar-refractivity contribution in [2.75, 3.05) is 5.32 Å². The molecule has 0 aliphatic heterocycles. The predicted octanol–water partition coefficient (Wildman–Crippen LogP) is 3.55. The van der Waals surface area contributed by atoms with Gasteiger partial charge in [0.15, 0.2) is 0 Å². The predicted molar refractivity (Wildman–Crippen MR) is 83.6 cm³/mol.